The molecule has 0 N–H and O–H groups in total. The summed E-state index contributed by atoms with van der Waals surface area (Å²) in [5, 5.41) is 2.66. The highest BCUT2D eigenvalue weighted by molar-refractivity contribution is 5.87. The molecular weight excluding hydrogens is 290 g/mol. The lowest BCUT2D eigenvalue weighted by Crippen LogP contribution is -2.44. The molecule has 1 heteroatoms. The maximum atomic E-state index is 2.52. The molecule has 0 atom stereocenters. The van der Waals surface area contributed by atoms with Gasteiger partial charge in [-0.2, -0.15) is 0 Å². The lowest BCUT2D eigenvalue weighted by Gasteiger charge is -2.43. The highest BCUT2D eigenvalue weighted by Crippen LogP contribution is 2.40. The van der Waals surface area contributed by atoms with Crippen molar-refractivity contribution >= 4 is 22.0 Å². The molecule has 0 saturated heterocycles. The van der Waals surface area contributed by atoms with Crippen LogP contribution in [-0.4, -0.2) is 5.54 Å². The van der Waals surface area contributed by atoms with E-state index in [9.17, 15) is 0 Å². The number of hydrogen-bond acceptors (Lipinski definition) is 1. The second-order valence-corrected chi connectivity index (χ2v) is 7.22. The molecule has 24 heavy (non-hydrogen) atoms. The minimum absolute atomic E-state index is 0.00458. The van der Waals surface area contributed by atoms with Gasteiger partial charge in [-0.15, -0.1) is 0 Å². The number of hydrogen-bond donors (Lipinski definition) is 0. The number of benzene rings is 3. The van der Waals surface area contributed by atoms with Crippen LogP contribution in [0.2, 0.25) is 0 Å². The fourth-order valence-electron chi connectivity index (χ4n) is 3.93. The van der Waals surface area contributed by atoms with Crippen LogP contribution in [0, 0.1) is 0 Å². The second-order valence-electron chi connectivity index (χ2n) is 7.22. The third-order valence-corrected chi connectivity index (χ3v) is 5.09. The van der Waals surface area contributed by atoms with E-state index in [1.54, 1.807) is 0 Å². The van der Waals surface area contributed by atoms with Gasteiger partial charge in [0.2, 0.25) is 0 Å². The van der Waals surface area contributed by atoms with Gasteiger partial charge in [0.15, 0.2) is 0 Å². The first kappa shape index (κ1) is 15.0. The first-order valence-corrected chi connectivity index (χ1v) is 8.59. The van der Waals surface area contributed by atoms with E-state index in [2.05, 4.69) is 98.5 Å². The quantitative estimate of drug-likeness (QED) is 0.557. The third kappa shape index (κ3) is 2.41. The number of fused-ring (bicyclic) bond motifs is 2. The molecular formula is C23H23N. The summed E-state index contributed by atoms with van der Waals surface area (Å²) in [6, 6.07) is 24.0. The Balaban J connectivity index is 1.83. The molecule has 1 aliphatic rings. The van der Waals surface area contributed by atoms with E-state index in [0.29, 0.717) is 0 Å². The van der Waals surface area contributed by atoms with Crippen molar-refractivity contribution in [3.63, 3.8) is 0 Å². The van der Waals surface area contributed by atoms with Crippen LogP contribution in [0.15, 0.2) is 72.8 Å². The van der Waals surface area contributed by atoms with Crippen LogP contribution in [0.25, 0.3) is 16.3 Å². The van der Waals surface area contributed by atoms with E-state index >= 15 is 0 Å². The summed E-state index contributed by atoms with van der Waals surface area (Å²) in [4.78, 5) is 2.52. The summed E-state index contributed by atoms with van der Waals surface area (Å²) in [7, 11) is 0. The van der Waals surface area contributed by atoms with Gasteiger partial charge in [-0.05, 0) is 48.7 Å². The van der Waals surface area contributed by atoms with E-state index in [1.807, 2.05) is 0 Å². The van der Waals surface area contributed by atoms with E-state index < -0.39 is 0 Å². The standard InChI is InChI=1S/C23H23N/c1-17-15-23(2,3)24(22-14-7-6-12-20(17)22)16-19-11-8-10-18-9-4-5-13-21(18)19/h4-15H,16H2,1-3H3. The van der Waals surface area contributed by atoms with Gasteiger partial charge in [0.1, 0.15) is 0 Å². The minimum atomic E-state index is -0.00458. The van der Waals surface area contributed by atoms with Crippen molar-refractivity contribution in [2.24, 2.45) is 0 Å². The molecule has 0 saturated carbocycles. The maximum absolute atomic E-state index is 2.52. The number of anilines is 1. The molecule has 0 bridgehead atoms. The van der Waals surface area contributed by atoms with Crippen LogP contribution < -0.4 is 4.90 Å². The zero-order valence-electron chi connectivity index (χ0n) is 14.6. The maximum Gasteiger partial charge on any atom is 0.0538 e. The monoisotopic (exact) mass is 313 g/mol. The van der Waals surface area contributed by atoms with Crippen molar-refractivity contribution in [2.45, 2.75) is 32.9 Å². The summed E-state index contributed by atoms with van der Waals surface area (Å²) in [6.45, 7) is 7.74. The normalized spacial score (nSPS) is 16.0. The predicted octanol–water partition coefficient (Wildman–Crippen LogP) is 6.04. The largest absolute Gasteiger partial charge is 0.358 e. The molecule has 0 amide bonds. The van der Waals surface area contributed by atoms with E-state index in [-0.39, 0.29) is 5.54 Å². The van der Waals surface area contributed by atoms with Crippen LogP contribution in [0.4, 0.5) is 5.69 Å². The van der Waals surface area contributed by atoms with Gasteiger partial charge in [-0.25, -0.2) is 0 Å². The van der Waals surface area contributed by atoms with Gasteiger partial charge >= 0.3 is 0 Å². The van der Waals surface area contributed by atoms with Gasteiger partial charge in [0.05, 0.1) is 5.54 Å². The van der Waals surface area contributed by atoms with Gasteiger partial charge in [0, 0.05) is 17.8 Å². The summed E-state index contributed by atoms with van der Waals surface area (Å²) in [6.07, 6.45) is 2.39. The number of nitrogens with zero attached hydrogens (tertiary/aromatic N) is 1. The molecule has 120 valence electrons. The second kappa shape index (κ2) is 5.52. The van der Waals surface area contributed by atoms with Crippen molar-refractivity contribution in [3.05, 3.63) is 83.9 Å². The average molecular weight is 313 g/mol. The Morgan fingerprint density at radius 3 is 2.42 bits per heavy atom. The SMILES string of the molecule is CC1=CC(C)(C)N(Cc2cccc3ccccc23)c2ccccc21. The predicted molar refractivity (Wildman–Crippen MR) is 104 cm³/mol. The minimum Gasteiger partial charge on any atom is -0.358 e. The number of para-hydroxylation sites is 1. The molecule has 4 rings (SSSR count). The van der Waals surface area contributed by atoms with Crippen molar-refractivity contribution in [1.82, 2.24) is 0 Å². The smallest absolute Gasteiger partial charge is 0.0538 e. The molecule has 1 aliphatic heterocycles. The Hall–Kier alpha value is -2.54. The molecule has 0 aliphatic carbocycles. The van der Waals surface area contributed by atoms with Crippen LogP contribution >= 0.6 is 0 Å². The molecule has 0 unspecified atom stereocenters. The third-order valence-electron chi connectivity index (χ3n) is 5.09. The first-order valence-electron chi connectivity index (χ1n) is 8.59. The van der Waals surface area contributed by atoms with Crippen molar-refractivity contribution in [3.8, 4) is 0 Å². The summed E-state index contributed by atoms with van der Waals surface area (Å²) >= 11 is 0. The fraction of sp³-hybridized carbons (Fsp3) is 0.217. The zero-order valence-corrected chi connectivity index (χ0v) is 14.6. The molecule has 3 aromatic rings. The van der Waals surface area contributed by atoms with E-state index in [0.717, 1.165) is 6.54 Å². The summed E-state index contributed by atoms with van der Waals surface area (Å²) in [5.74, 6) is 0. The van der Waals surface area contributed by atoms with Gasteiger partial charge < -0.3 is 4.90 Å². The molecule has 0 aromatic heterocycles. The van der Waals surface area contributed by atoms with Gasteiger partial charge in [-0.1, -0.05) is 66.7 Å². The van der Waals surface area contributed by atoms with Crippen molar-refractivity contribution in [2.75, 3.05) is 4.90 Å². The summed E-state index contributed by atoms with van der Waals surface area (Å²) < 4.78 is 0. The Bertz CT molecular complexity index is 928. The number of rotatable bonds is 2. The van der Waals surface area contributed by atoms with Crippen molar-refractivity contribution in [1.29, 1.82) is 0 Å². The van der Waals surface area contributed by atoms with Crippen molar-refractivity contribution < 1.29 is 0 Å². The molecule has 3 aromatic carbocycles. The Morgan fingerprint density at radius 1 is 0.833 bits per heavy atom. The average Bonchev–Trinajstić information content (AvgIpc) is 2.58. The topological polar surface area (TPSA) is 3.24 Å². The Kier molecular flexibility index (Phi) is 3.45. The lowest BCUT2D eigenvalue weighted by molar-refractivity contribution is 0.553. The van der Waals surface area contributed by atoms with E-state index in [1.165, 1.54) is 33.2 Å². The molecule has 1 heterocycles. The molecule has 1 nitrogen and oxygen atoms in total. The number of allylic oxidation sites excluding steroid dienone is 1. The lowest BCUT2D eigenvalue weighted by atomic mass is 9.88. The highest BCUT2D eigenvalue weighted by atomic mass is 15.2. The van der Waals surface area contributed by atoms with E-state index in [4.69, 9.17) is 0 Å². The van der Waals surface area contributed by atoms with Crippen LogP contribution in [0.1, 0.15) is 31.9 Å². The van der Waals surface area contributed by atoms with Crippen LogP contribution in [-0.2, 0) is 6.54 Å². The fourth-order valence-corrected chi connectivity index (χ4v) is 3.93. The van der Waals surface area contributed by atoms with Gasteiger partial charge in [-0.3, -0.25) is 0 Å². The summed E-state index contributed by atoms with van der Waals surface area (Å²) in [5.41, 5.74) is 5.41. The Morgan fingerprint density at radius 2 is 1.54 bits per heavy atom. The van der Waals surface area contributed by atoms with Crippen LogP contribution in [0.5, 0.6) is 0 Å². The van der Waals surface area contributed by atoms with Gasteiger partial charge in [0.25, 0.3) is 0 Å². The first-order chi connectivity index (χ1) is 11.6. The molecule has 0 fully saturated rings. The Labute approximate surface area is 144 Å². The van der Waals surface area contributed by atoms with Crippen LogP contribution in [0.3, 0.4) is 0 Å². The highest BCUT2D eigenvalue weighted by Gasteiger charge is 2.31. The molecule has 0 spiro atoms. The zero-order chi connectivity index (χ0) is 16.7. The molecule has 0 radical (unpaired) electrons.